The number of aryl methyl sites for hydroxylation is 1. The first-order chi connectivity index (χ1) is 11.7. The van der Waals surface area contributed by atoms with Crippen LogP contribution in [0.5, 0.6) is 0 Å². The average Bonchev–Trinajstić information content (AvgIpc) is 3.12. The predicted molar refractivity (Wildman–Crippen MR) is 94.9 cm³/mol. The number of hydrogen-bond donors (Lipinski definition) is 0. The van der Waals surface area contributed by atoms with Crippen molar-refractivity contribution in [2.75, 3.05) is 26.2 Å². The van der Waals surface area contributed by atoms with Gasteiger partial charge in [0.15, 0.2) is 0 Å². The fraction of sp³-hybridized carbons (Fsp3) is 0.722. The maximum Gasteiger partial charge on any atom is 0.265 e. The molecule has 2 aliphatic rings. The molecule has 0 bridgehead atoms. The molecule has 130 valence electrons. The zero-order chi connectivity index (χ0) is 16.9. The second kappa shape index (κ2) is 8.09. The smallest absolute Gasteiger partial charge is 0.265 e. The Morgan fingerprint density at radius 2 is 2.04 bits per heavy atom. The molecule has 1 aromatic heterocycles. The van der Waals surface area contributed by atoms with E-state index in [0.717, 1.165) is 29.4 Å². The lowest BCUT2D eigenvalue weighted by molar-refractivity contribution is 0.0542. The van der Waals surface area contributed by atoms with Crippen molar-refractivity contribution in [1.82, 2.24) is 14.8 Å². The van der Waals surface area contributed by atoms with Crippen LogP contribution in [0.25, 0.3) is 0 Å². The fourth-order valence-electron chi connectivity index (χ4n) is 3.87. The van der Waals surface area contributed by atoms with Crippen molar-refractivity contribution in [2.24, 2.45) is 5.92 Å². The Bertz CT molecular complexity index is 594. The van der Waals surface area contributed by atoms with Gasteiger partial charge in [-0.05, 0) is 25.2 Å². The molecule has 5 nitrogen and oxygen atoms in total. The van der Waals surface area contributed by atoms with Crippen LogP contribution in [-0.4, -0.2) is 52.9 Å². The van der Waals surface area contributed by atoms with E-state index in [0.29, 0.717) is 19.0 Å². The lowest BCUT2D eigenvalue weighted by Crippen LogP contribution is -2.53. The van der Waals surface area contributed by atoms with Crippen LogP contribution in [0.2, 0.25) is 0 Å². The molecular weight excluding hydrogens is 320 g/mol. The van der Waals surface area contributed by atoms with Gasteiger partial charge < -0.3 is 4.90 Å². The summed E-state index contributed by atoms with van der Waals surface area (Å²) in [6.45, 7) is 5.09. The number of rotatable bonds is 4. The van der Waals surface area contributed by atoms with E-state index in [1.54, 1.807) is 6.20 Å². The molecule has 1 atom stereocenters. The number of carbonyl (C=O) groups is 1. The first kappa shape index (κ1) is 17.4. The van der Waals surface area contributed by atoms with Crippen LogP contribution in [0, 0.1) is 17.2 Å². The highest BCUT2D eigenvalue weighted by Crippen LogP contribution is 2.29. The van der Waals surface area contributed by atoms with Crippen LogP contribution in [0.1, 0.15) is 53.7 Å². The Morgan fingerprint density at radius 3 is 2.62 bits per heavy atom. The Kier molecular flexibility index (Phi) is 5.85. The Hall–Kier alpha value is -1.45. The summed E-state index contributed by atoms with van der Waals surface area (Å²) < 4.78 is 0. The molecule has 24 heavy (non-hydrogen) atoms. The van der Waals surface area contributed by atoms with Gasteiger partial charge in [0.25, 0.3) is 5.91 Å². The summed E-state index contributed by atoms with van der Waals surface area (Å²) in [5.41, 5.74) is 0. The summed E-state index contributed by atoms with van der Waals surface area (Å²) in [6, 6.07) is 2.57. The minimum absolute atomic E-state index is 0.0256. The maximum atomic E-state index is 12.6. The van der Waals surface area contributed by atoms with E-state index in [-0.39, 0.29) is 11.9 Å². The topological polar surface area (TPSA) is 60.2 Å². The molecule has 2 heterocycles. The van der Waals surface area contributed by atoms with Gasteiger partial charge in [-0.3, -0.25) is 9.69 Å². The first-order valence-corrected chi connectivity index (χ1v) is 9.92. The molecule has 1 aliphatic heterocycles. The predicted octanol–water partition coefficient (Wildman–Crippen LogP) is 2.94. The van der Waals surface area contributed by atoms with Gasteiger partial charge >= 0.3 is 0 Å². The molecule has 2 fully saturated rings. The number of aromatic nitrogens is 1. The molecule has 6 heteroatoms. The number of piperazine rings is 1. The van der Waals surface area contributed by atoms with Gasteiger partial charge in [0.1, 0.15) is 10.9 Å². The SMILES string of the molecule is CCc1ncc(C(=O)N2CCN([C@@H](C#N)C3CCCCC3)CC2)s1. The molecule has 0 aromatic carbocycles. The van der Waals surface area contributed by atoms with Gasteiger partial charge in [0.05, 0.1) is 17.3 Å². The van der Waals surface area contributed by atoms with Crippen molar-refractivity contribution in [3.63, 3.8) is 0 Å². The molecular formula is C18H26N4OS. The maximum absolute atomic E-state index is 12.6. The van der Waals surface area contributed by atoms with Crippen molar-refractivity contribution in [3.8, 4) is 6.07 Å². The third-order valence-electron chi connectivity index (χ3n) is 5.29. The summed E-state index contributed by atoms with van der Waals surface area (Å²) in [5.74, 6) is 0.609. The lowest BCUT2D eigenvalue weighted by Gasteiger charge is -2.40. The zero-order valence-electron chi connectivity index (χ0n) is 14.4. The number of nitrogens with zero attached hydrogens (tertiary/aromatic N) is 4. The molecule has 3 rings (SSSR count). The summed E-state index contributed by atoms with van der Waals surface area (Å²) in [7, 11) is 0. The largest absolute Gasteiger partial charge is 0.335 e. The molecule has 0 N–H and O–H groups in total. The second-order valence-electron chi connectivity index (χ2n) is 6.77. The number of hydrogen-bond acceptors (Lipinski definition) is 5. The Balaban J connectivity index is 1.56. The van der Waals surface area contributed by atoms with E-state index >= 15 is 0 Å². The van der Waals surface area contributed by atoms with Gasteiger partial charge in [-0.25, -0.2) is 4.98 Å². The number of nitriles is 1. The molecule has 0 spiro atoms. The van der Waals surface area contributed by atoms with E-state index in [9.17, 15) is 10.1 Å². The van der Waals surface area contributed by atoms with Crippen molar-refractivity contribution < 1.29 is 4.79 Å². The molecule has 1 amide bonds. The van der Waals surface area contributed by atoms with Gasteiger partial charge in [-0.2, -0.15) is 5.26 Å². The van der Waals surface area contributed by atoms with Gasteiger partial charge in [-0.15, -0.1) is 11.3 Å². The van der Waals surface area contributed by atoms with Crippen LogP contribution < -0.4 is 0 Å². The monoisotopic (exact) mass is 346 g/mol. The van der Waals surface area contributed by atoms with Crippen LogP contribution in [0.4, 0.5) is 0 Å². The zero-order valence-corrected chi connectivity index (χ0v) is 15.2. The van der Waals surface area contributed by atoms with Crippen LogP contribution >= 0.6 is 11.3 Å². The second-order valence-corrected chi connectivity index (χ2v) is 7.89. The normalized spacial score (nSPS) is 21.4. The summed E-state index contributed by atoms with van der Waals surface area (Å²) in [4.78, 5) is 21.8. The highest BCUT2D eigenvalue weighted by molar-refractivity contribution is 7.13. The third kappa shape index (κ3) is 3.79. The molecule has 1 aromatic rings. The third-order valence-corrected chi connectivity index (χ3v) is 6.42. The van der Waals surface area contributed by atoms with Crippen LogP contribution in [-0.2, 0) is 6.42 Å². The number of amides is 1. The summed E-state index contributed by atoms with van der Waals surface area (Å²) >= 11 is 1.50. The number of thiazole rings is 1. The van der Waals surface area contributed by atoms with E-state index in [4.69, 9.17) is 0 Å². The van der Waals surface area contributed by atoms with Gasteiger partial charge in [0.2, 0.25) is 0 Å². The average molecular weight is 347 g/mol. The minimum atomic E-state index is 0.0256. The van der Waals surface area contributed by atoms with Crippen molar-refractivity contribution in [3.05, 3.63) is 16.1 Å². The van der Waals surface area contributed by atoms with Gasteiger partial charge in [0, 0.05) is 26.2 Å². The Labute approximate surface area is 148 Å². The molecule has 0 radical (unpaired) electrons. The summed E-state index contributed by atoms with van der Waals surface area (Å²) in [6.07, 6.45) is 8.76. The summed E-state index contributed by atoms with van der Waals surface area (Å²) in [5, 5.41) is 10.6. The molecule has 1 saturated carbocycles. The van der Waals surface area contributed by atoms with E-state index in [1.165, 1.54) is 43.4 Å². The van der Waals surface area contributed by atoms with Crippen LogP contribution in [0.15, 0.2) is 6.20 Å². The quantitative estimate of drug-likeness (QED) is 0.841. The van der Waals surface area contributed by atoms with Gasteiger partial charge in [-0.1, -0.05) is 26.2 Å². The Morgan fingerprint density at radius 1 is 1.33 bits per heavy atom. The molecule has 1 saturated heterocycles. The van der Waals surface area contributed by atoms with Crippen molar-refractivity contribution in [2.45, 2.75) is 51.5 Å². The number of carbonyl (C=O) groups excluding carboxylic acids is 1. The molecule has 1 aliphatic carbocycles. The fourth-order valence-corrected chi connectivity index (χ4v) is 4.69. The first-order valence-electron chi connectivity index (χ1n) is 9.10. The van der Waals surface area contributed by atoms with E-state index in [1.807, 2.05) is 4.90 Å². The standard InChI is InChI=1S/C18H26N4OS/c1-2-17-20-13-16(24-17)18(23)22-10-8-21(9-11-22)15(12-19)14-6-4-3-5-7-14/h13-15H,2-11H2,1H3/t15-/m0/s1. The van der Waals surface area contributed by atoms with E-state index < -0.39 is 0 Å². The van der Waals surface area contributed by atoms with E-state index in [2.05, 4.69) is 22.9 Å². The minimum Gasteiger partial charge on any atom is -0.335 e. The highest BCUT2D eigenvalue weighted by atomic mass is 32.1. The highest BCUT2D eigenvalue weighted by Gasteiger charge is 2.32. The lowest BCUT2D eigenvalue weighted by atomic mass is 9.83. The molecule has 0 unspecified atom stereocenters. The van der Waals surface area contributed by atoms with Crippen molar-refractivity contribution >= 4 is 17.2 Å². The van der Waals surface area contributed by atoms with Crippen molar-refractivity contribution in [1.29, 1.82) is 5.26 Å². The van der Waals surface area contributed by atoms with Crippen LogP contribution in [0.3, 0.4) is 0 Å².